The SMILES string of the molecule is NC(=O)C1CCN(C(=O)c2cc(Br)ccc2O)CC1. The first-order valence-corrected chi connectivity index (χ1v) is 6.85. The third-order valence-corrected chi connectivity index (χ3v) is 3.87. The zero-order valence-corrected chi connectivity index (χ0v) is 11.9. The number of benzene rings is 1. The van der Waals surface area contributed by atoms with Crippen molar-refractivity contribution in [3.63, 3.8) is 0 Å². The minimum atomic E-state index is -0.308. The second kappa shape index (κ2) is 5.61. The Hall–Kier alpha value is -1.56. The van der Waals surface area contributed by atoms with Gasteiger partial charge in [0, 0.05) is 23.5 Å². The number of carbonyl (C=O) groups excluding carboxylic acids is 2. The molecule has 2 rings (SSSR count). The molecule has 0 bridgehead atoms. The number of nitrogens with zero attached hydrogens (tertiary/aromatic N) is 1. The molecule has 0 saturated carbocycles. The van der Waals surface area contributed by atoms with Crippen molar-refractivity contribution in [2.45, 2.75) is 12.8 Å². The highest BCUT2D eigenvalue weighted by atomic mass is 79.9. The minimum absolute atomic E-state index is 0.0368. The van der Waals surface area contributed by atoms with E-state index in [4.69, 9.17) is 5.73 Å². The van der Waals surface area contributed by atoms with Crippen LogP contribution in [0, 0.1) is 5.92 Å². The van der Waals surface area contributed by atoms with Gasteiger partial charge in [-0.05, 0) is 31.0 Å². The molecule has 2 amide bonds. The van der Waals surface area contributed by atoms with Gasteiger partial charge in [-0.2, -0.15) is 0 Å². The number of hydrogen-bond acceptors (Lipinski definition) is 3. The zero-order valence-electron chi connectivity index (χ0n) is 10.3. The van der Waals surface area contributed by atoms with Crippen molar-refractivity contribution in [2.75, 3.05) is 13.1 Å². The van der Waals surface area contributed by atoms with E-state index in [1.54, 1.807) is 17.0 Å². The van der Waals surface area contributed by atoms with Crippen LogP contribution in [0.2, 0.25) is 0 Å². The van der Waals surface area contributed by atoms with E-state index in [0.717, 1.165) is 4.47 Å². The van der Waals surface area contributed by atoms with E-state index in [1.165, 1.54) is 6.07 Å². The summed E-state index contributed by atoms with van der Waals surface area (Å²) in [6.45, 7) is 0.969. The smallest absolute Gasteiger partial charge is 0.257 e. The molecule has 1 aromatic rings. The highest BCUT2D eigenvalue weighted by molar-refractivity contribution is 9.10. The van der Waals surface area contributed by atoms with Gasteiger partial charge in [0.25, 0.3) is 5.91 Å². The van der Waals surface area contributed by atoms with Crippen LogP contribution >= 0.6 is 15.9 Å². The number of phenolic OH excluding ortho intramolecular Hbond substituents is 1. The van der Waals surface area contributed by atoms with Crippen molar-refractivity contribution >= 4 is 27.7 Å². The fourth-order valence-electron chi connectivity index (χ4n) is 2.22. The lowest BCUT2D eigenvalue weighted by Gasteiger charge is -2.30. The first-order valence-electron chi connectivity index (χ1n) is 6.06. The Morgan fingerprint density at radius 3 is 2.53 bits per heavy atom. The second-order valence-electron chi connectivity index (χ2n) is 4.63. The molecular weight excluding hydrogens is 312 g/mol. The summed E-state index contributed by atoms with van der Waals surface area (Å²) in [5, 5.41) is 9.73. The van der Waals surface area contributed by atoms with Crippen LogP contribution < -0.4 is 5.73 Å². The van der Waals surface area contributed by atoms with Crippen molar-refractivity contribution in [1.82, 2.24) is 4.90 Å². The van der Waals surface area contributed by atoms with Crippen LogP contribution in [0.15, 0.2) is 22.7 Å². The van der Waals surface area contributed by atoms with E-state index in [2.05, 4.69) is 15.9 Å². The van der Waals surface area contributed by atoms with E-state index in [1.807, 2.05) is 0 Å². The molecule has 0 aromatic heterocycles. The second-order valence-corrected chi connectivity index (χ2v) is 5.55. The van der Waals surface area contributed by atoms with Crippen molar-refractivity contribution < 1.29 is 14.7 Å². The monoisotopic (exact) mass is 326 g/mol. The molecule has 6 heteroatoms. The number of halogens is 1. The Morgan fingerprint density at radius 2 is 1.95 bits per heavy atom. The standard InChI is InChI=1S/C13H15BrN2O3/c14-9-1-2-11(17)10(7-9)13(19)16-5-3-8(4-6-16)12(15)18/h1-2,7-8,17H,3-6H2,(H2,15,18). The van der Waals surface area contributed by atoms with Gasteiger partial charge in [0.2, 0.25) is 5.91 Å². The summed E-state index contributed by atoms with van der Waals surface area (Å²) in [4.78, 5) is 25.0. The Bertz CT molecular complexity index is 511. The third-order valence-electron chi connectivity index (χ3n) is 3.37. The average Bonchev–Trinajstić information content (AvgIpc) is 2.41. The van der Waals surface area contributed by atoms with Gasteiger partial charge in [0.05, 0.1) is 5.56 Å². The maximum absolute atomic E-state index is 12.3. The van der Waals surface area contributed by atoms with E-state index in [9.17, 15) is 14.7 Å². The van der Waals surface area contributed by atoms with Crippen LogP contribution in [0.3, 0.4) is 0 Å². The summed E-state index contributed by atoms with van der Waals surface area (Å²) >= 11 is 3.27. The molecule has 1 heterocycles. The Balaban J connectivity index is 2.09. The fourth-order valence-corrected chi connectivity index (χ4v) is 2.58. The number of aromatic hydroxyl groups is 1. The highest BCUT2D eigenvalue weighted by Crippen LogP contribution is 2.25. The molecule has 102 valence electrons. The normalized spacial score (nSPS) is 16.4. The molecule has 1 fully saturated rings. The third kappa shape index (κ3) is 3.07. The zero-order chi connectivity index (χ0) is 14.0. The summed E-state index contributed by atoms with van der Waals surface area (Å²) < 4.78 is 0.737. The van der Waals surface area contributed by atoms with Gasteiger partial charge in [0.1, 0.15) is 5.75 Å². The molecule has 1 aromatic carbocycles. The van der Waals surface area contributed by atoms with Gasteiger partial charge >= 0.3 is 0 Å². The lowest BCUT2D eigenvalue weighted by molar-refractivity contribution is -0.123. The van der Waals surface area contributed by atoms with Crippen molar-refractivity contribution in [3.8, 4) is 5.75 Å². The number of amides is 2. The number of carbonyl (C=O) groups is 2. The first-order chi connectivity index (χ1) is 8.99. The number of phenols is 1. The molecule has 0 atom stereocenters. The van der Waals surface area contributed by atoms with Gasteiger partial charge in [0.15, 0.2) is 0 Å². The van der Waals surface area contributed by atoms with E-state index in [0.29, 0.717) is 25.9 Å². The number of piperidine rings is 1. The molecule has 0 radical (unpaired) electrons. The molecule has 5 nitrogen and oxygen atoms in total. The lowest BCUT2D eigenvalue weighted by atomic mass is 9.96. The van der Waals surface area contributed by atoms with Crippen LogP contribution in [-0.4, -0.2) is 34.9 Å². The number of nitrogens with two attached hydrogens (primary N) is 1. The maximum atomic E-state index is 12.3. The van der Waals surface area contributed by atoms with E-state index in [-0.39, 0.29) is 29.0 Å². The first kappa shape index (κ1) is 13.9. The Morgan fingerprint density at radius 1 is 1.32 bits per heavy atom. The summed E-state index contributed by atoms with van der Waals surface area (Å²) in [6.07, 6.45) is 1.16. The maximum Gasteiger partial charge on any atom is 0.257 e. The fraction of sp³-hybridized carbons (Fsp3) is 0.385. The molecule has 1 aliphatic heterocycles. The molecule has 0 aliphatic carbocycles. The number of rotatable bonds is 2. The summed E-state index contributed by atoms with van der Waals surface area (Å²) in [6, 6.07) is 4.75. The van der Waals surface area contributed by atoms with Crippen molar-refractivity contribution in [1.29, 1.82) is 0 Å². The number of likely N-dealkylation sites (tertiary alicyclic amines) is 1. The lowest BCUT2D eigenvalue weighted by Crippen LogP contribution is -2.41. The summed E-state index contributed by atoms with van der Waals surface area (Å²) in [7, 11) is 0. The van der Waals surface area contributed by atoms with Crippen molar-refractivity contribution in [2.24, 2.45) is 11.7 Å². The number of primary amides is 1. The van der Waals surface area contributed by atoms with Crippen LogP contribution in [0.25, 0.3) is 0 Å². The minimum Gasteiger partial charge on any atom is -0.507 e. The molecule has 0 unspecified atom stereocenters. The predicted octanol–water partition coefficient (Wildman–Crippen LogP) is 1.49. The largest absolute Gasteiger partial charge is 0.507 e. The molecule has 1 saturated heterocycles. The van der Waals surface area contributed by atoms with Gasteiger partial charge in [-0.1, -0.05) is 15.9 Å². The molecule has 0 spiro atoms. The Labute approximate surface area is 119 Å². The van der Waals surface area contributed by atoms with E-state index < -0.39 is 0 Å². The molecular formula is C13H15BrN2O3. The summed E-state index contributed by atoms with van der Waals surface area (Å²) in [5.41, 5.74) is 5.53. The van der Waals surface area contributed by atoms with Gasteiger partial charge in [-0.3, -0.25) is 9.59 Å². The quantitative estimate of drug-likeness (QED) is 0.863. The molecule has 3 N–H and O–H groups in total. The predicted molar refractivity (Wildman–Crippen MR) is 73.6 cm³/mol. The molecule has 19 heavy (non-hydrogen) atoms. The highest BCUT2D eigenvalue weighted by Gasteiger charge is 2.27. The topological polar surface area (TPSA) is 83.6 Å². The van der Waals surface area contributed by atoms with Crippen LogP contribution in [0.1, 0.15) is 23.2 Å². The average molecular weight is 327 g/mol. The van der Waals surface area contributed by atoms with Crippen LogP contribution in [0.4, 0.5) is 0 Å². The Kier molecular flexibility index (Phi) is 4.09. The van der Waals surface area contributed by atoms with Gasteiger partial charge in [-0.15, -0.1) is 0 Å². The molecule has 1 aliphatic rings. The van der Waals surface area contributed by atoms with Gasteiger partial charge < -0.3 is 15.7 Å². The van der Waals surface area contributed by atoms with Crippen LogP contribution in [-0.2, 0) is 4.79 Å². The summed E-state index contributed by atoms with van der Waals surface area (Å²) in [5.74, 6) is -0.718. The van der Waals surface area contributed by atoms with Gasteiger partial charge in [-0.25, -0.2) is 0 Å². The van der Waals surface area contributed by atoms with Crippen LogP contribution in [0.5, 0.6) is 5.75 Å². The van der Waals surface area contributed by atoms with E-state index >= 15 is 0 Å². The number of hydrogen-bond donors (Lipinski definition) is 2. The van der Waals surface area contributed by atoms with Crippen molar-refractivity contribution in [3.05, 3.63) is 28.2 Å².